The predicted octanol–water partition coefficient (Wildman–Crippen LogP) is 1.53. The second-order valence-electron chi connectivity index (χ2n) is 5.41. The zero-order chi connectivity index (χ0) is 22.6. The molecule has 6 N–H and O–H groups in total. The third kappa shape index (κ3) is 10.2. The van der Waals surface area contributed by atoms with Crippen LogP contribution < -0.4 is 0 Å². The van der Waals surface area contributed by atoms with E-state index in [-0.39, 0.29) is 28.9 Å². The fraction of sp³-hybridized carbons (Fsp3) is 0.158. The van der Waals surface area contributed by atoms with E-state index in [4.69, 9.17) is 30.6 Å². The monoisotopic (exact) mass is 408 g/mol. The first-order chi connectivity index (χ1) is 13.5. The number of carbonyl (C=O) groups is 4. The molecule has 0 aromatic heterocycles. The molecule has 0 saturated carbocycles. The fourth-order valence-electron chi connectivity index (χ4n) is 1.51. The van der Waals surface area contributed by atoms with Gasteiger partial charge in [-0.15, -0.1) is 0 Å². The summed E-state index contributed by atoms with van der Waals surface area (Å²) >= 11 is 0. The average molecular weight is 408 g/mol. The molecule has 2 aromatic carbocycles. The summed E-state index contributed by atoms with van der Waals surface area (Å²) in [6.07, 6.45) is -0.560. The van der Waals surface area contributed by atoms with Crippen LogP contribution in [0.4, 0.5) is 0 Å². The van der Waals surface area contributed by atoms with Crippen LogP contribution in [0.15, 0.2) is 48.5 Å². The molecule has 0 heterocycles. The Balaban J connectivity index is 0.000000442. The van der Waals surface area contributed by atoms with E-state index in [0.717, 1.165) is 0 Å². The predicted molar refractivity (Wildman–Crippen MR) is 99.5 cm³/mol. The van der Waals surface area contributed by atoms with Crippen molar-refractivity contribution in [3.05, 3.63) is 70.8 Å². The van der Waals surface area contributed by atoms with E-state index in [2.05, 4.69) is 0 Å². The lowest BCUT2D eigenvalue weighted by atomic mass is 10.1. The Labute approximate surface area is 164 Å². The highest BCUT2D eigenvalue weighted by Crippen LogP contribution is 2.04. The van der Waals surface area contributed by atoms with E-state index in [1.807, 2.05) is 0 Å². The summed E-state index contributed by atoms with van der Waals surface area (Å²) in [5.41, 5.74) is 0.333. The van der Waals surface area contributed by atoms with E-state index in [9.17, 15) is 19.2 Å². The number of rotatable bonds is 5. The summed E-state index contributed by atoms with van der Waals surface area (Å²) in [6.45, 7) is 1.39. The van der Waals surface area contributed by atoms with Gasteiger partial charge in [0.25, 0.3) is 0 Å². The van der Waals surface area contributed by atoms with Crippen LogP contribution in [-0.4, -0.2) is 67.2 Å². The number of aromatic carboxylic acids is 4. The van der Waals surface area contributed by atoms with E-state index in [0.29, 0.717) is 0 Å². The number of carboxylic acids is 4. The van der Waals surface area contributed by atoms with Crippen LogP contribution in [0.2, 0.25) is 0 Å². The zero-order valence-electron chi connectivity index (χ0n) is 15.2. The van der Waals surface area contributed by atoms with E-state index < -0.39 is 30.0 Å². The Hall–Kier alpha value is -3.76. The van der Waals surface area contributed by atoms with Gasteiger partial charge in [-0.1, -0.05) is 0 Å². The normalized spacial score (nSPS) is 10.3. The summed E-state index contributed by atoms with van der Waals surface area (Å²) < 4.78 is 0. The van der Waals surface area contributed by atoms with Gasteiger partial charge in [-0.25, -0.2) is 19.2 Å². The second-order valence-corrected chi connectivity index (χ2v) is 5.41. The van der Waals surface area contributed by atoms with Crippen molar-refractivity contribution in [2.24, 2.45) is 0 Å². The van der Waals surface area contributed by atoms with Gasteiger partial charge >= 0.3 is 23.9 Å². The molecule has 0 radical (unpaired) electrons. The SMILES string of the molecule is CC(O)CO.O=C(O)c1ccc(C(=O)O)cc1.O=C(O)c1ccc(C(=O)O)cc1. The van der Waals surface area contributed by atoms with Crippen molar-refractivity contribution >= 4 is 23.9 Å². The Morgan fingerprint density at radius 2 is 0.759 bits per heavy atom. The molecule has 1 atom stereocenters. The van der Waals surface area contributed by atoms with Crippen LogP contribution >= 0.6 is 0 Å². The molecule has 0 aliphatic rings. The van der Waals surface area contributed by atoms with E-state index in [1.165, 1.54) is 55.5 Å². The molecule has 0 aliphatic carbocycles. The van der Waals surface area contributed by atoms with Gasteiger partial charge < -0.3 is 30.6 Å². The Morgan fingerprint density at radius 1 is 0.621 bits per heavy atom. The molecule has 10 nitrogen and oxygen atoms in total. The van der Waals surface area contributed by atoms with Crippen molar-refractivity contribution in [2.45, 2.75) is 13.0 Å². The lowest BCUT2D eigenvalue weighted by Crippen LogP contribution is -2.03. The highest BCUT2D eigenvalue weighted by molar-refractivity contribution is 5.92. The quantitative estimate of drug-likeness (QED) is 0.423. The molecule has 10 heteroatoms. The number of aliphatic hydroxyl groups excluding tert-OH is 2. The molecule has 0 spiro atoms. The van der Waals surface area contributed by atoms with Gasteiger partial charge in [0.2, 0.25) is 0 Å². The lowest BCUT2D eigenvalue weighted by Gasteiger charge is -1.94. The molecule has 0 bridgehead atoms. The molecule has 0 saturated heterocycles. The number of benzene rings is 2. The van der Waals surface area contributed by atoms with Crippen LogP contribution in [0.3, 0.4) is 0 Å². The van der Waals surface area contributed by atoms with Crippen molar-refractivity contribution in [3.63, 3.8) is 0 Å². The molecule has 156 valence electrons. The topological polar surface area (TPSA) is 190 Å². The zero-order valence-corrected chi connectivity index (χ0v) is 15.2. The lowest BCUT2D eigenvalue weighted by molar-refractivity contribution is 0.0681. The van der Waals surface area contributed by atoms with Crippen molar-refractivity contribution < 1.29 is 49.8 Å². The first-order valence-corrected chi connectivity index (χ1v) is 7.91. The fourth-order valence-corrected chi connectivity index (χ4v) is 1.51. The van der Waals surface area contributed by atoms with Gasteiger partial charge in [-0.05, 0) is 55.5 Å². The molecular weight excluding hydrogens is 388 g/mol. The molecule has 2 aromatic rings. The Bertz CT molecular complexity index is 690. The molecule has 0 amide bonds. The van der Waals surface area contributed by atoms with Gasteiger partial charge in [0.05, 0.1) is 35.0 Å². The first kappa shape index (κ1) is 25.2. The highest BCUT2D eigenvalue weighted by atomic mass is 16.4. The van der Waals surface area contributed by atoms with Crippen LogP contribution in [0.1, 0.15) is 48.4 Å². The maximum Gasteiger partial charge on any atom is 0.335 e. The van der Waals surface area contributed by atoms with Gasteiger partial charge in [0, 0.05) is 0 Å². The molecule has 2 rings (SSSR count). The number of hydrogen-bond acceptors (Lipinski definition) is 6. The third-order valence-electron chi connectivity index (χ3n) is 3.02. The first-order valence-electron chi connectivity index (χ1n) is 7.91. The van der Waals surface area contributed by atoms with Crippen molar-refractivity contribution in [3.8, 4) is 0 Å². The van der Waals surface area contributed by atoms with Gasteiger partial charge in [-0.2, -0.15) is 0 Å². The van der Waals surface area contributed by atoms with Crippen molar-refractivity contribution in [1.29, 1.82) is 0 Å². The van der Waals surface area contributed by atoms with E-state index >= 15 is 0 Å². The third-order valence-corrected chi connectivity index (χ3v) is 3.02. The summed E-state index contributed by atoms with van der Waals surface area (Å²) in [5, 5.41) is 49.9. The minimum atomic E-state index is -1.06. The van der Waals surface area contributed by atoms with Crippen LogP contribution in [0.5, 0.6) is 0 Å². The molecule has 29 heavy (non-hydrogen) atoms. The maximum absolute atomic E-state index is 10.3. The number of aliphatic hydroxyl groups is 2. The van der Waals surface area contributed by atoms with Crippen molar-refractivity contribution in [1.82, 2.24) is 0 Å². The minimum absolute atomic E-state index is 0.0833. The summed E-state index contributed by atoms with van der Waals surface area (Å²) in [6, 6.07) is 10.0. The Kier molecular flexibility index (Phi) is 11.0. The number of hydrogen-bond donors (Lipinski definition) is 6. The number of carboxylic acid groups (broad SMARTS) is 4. The summed E-state index contributed by atoms with van der Waals surface area (Å²) in [4.78, 5) is 41.3. The summed E-state index contributed by atoms with van der Waals surface area (Å²) in [7, 11) is 0. The average Bonchev–Trinajstić information content (AvgIpc) is 2.68. The van der Waals surface area contributed by atoms with Crippen LogP contribution in [-0.2, 0) is 0 Å². The second kappa shape index (κ2) is 12.6. The highest BCUT2D eigenvalue weighted by Gasteiger charge is 2.05. The minimum Gasteiger partial charge on any atom is -0.478 e. The largest absolute Gasteiger partial charge is 0.478 e. The van der Waals surface area contributed by atoms with Crippen molar-refractivity contribution in [2.75, 3.05) is 6.61 Å². The Morgan fingerprint density at radius 3 is 0.828 bits per heavy atom. The van der Waals surface area contributed by atoms with Crippen LogP contribution in [0.25, 0.3) is 0 Å². The van der Waals surface area contributed by atoms with Crippen LogP contribution in [0, 0.1) is 0 Å². The van der Waals surface area contributed by atoms with Gasteiger partial charge in [0.15, 0.2) is 0 Å². The van der Waals surface area contributed by atoms with E-state index in [1.54, 1.807) is 0 Å². The van der Waals surface area contributed by atoms with Gasteiger partial charge in [-0.3, -0.25) is 0 Å². The molecule has 0 fully saturated rings. The molecular formula is C19H20O10. The summed E-state index contributed by atoms with van der Waals surface area (Å²) in [5.74, 6) is -4.25. The molecule has 0 aliphatic heterocycles. The maximum atomic E-state index is 10.3. The standard InChI is InChI=1S/2C8H6O4.C3H8O2/c2*9-7(10)5-1-2-6(4-3-5)8(11)12;1-3(5)2-4/h2*1-4H,(H,9,10)(H,11,12);3-5H,2H2,1H3. The molecule has 1 unspecified atom stereocenters. The smallest absolute Gasteiger partial charge is 0.335 e. The van der Waals surface area contributed by atoms with Gasteiger partial charge in [0.1, 0.15) is 0 Å².